The Morgan fingerprint density at radius 2 is 2.11 bits per heavy atom. The number of esters is 1. The van der Waals surface area contributed by atoms with Gasteiger partial charge in [-0.1, -0.05) is 6.92 Å². The molecule has 1 aliphatic carbocycles. The molecule has 1 heterocycles. The van der Waals surface area contributed by atoms with E-state index in [9.17, 15) is 4.79 Å². The van der Waals surface area contributed by atoms with Crippen molar-refractivity contribution in [3.63, 3.8) is 0 Å². The first-order valence-electron chi connectivity index (χ1n) is 7.23. The summed E-state index contributed by atoms with van der Waals surface area (Å²) in [6.07, 6.45) is 4.46. The molecular formula is C14H26N2O2. The molecule has 0 bridgehead atoms. The molecule has 0 radical (unpaired) electrons. The van der Waals surface area contributed by atoms with E-state index in [-0.39, 0.29) is 5.97 Å². The van der Waals surface area contributed by atoms with Crippen LogP contribution in [-0.2, 0) is 9.53 Å². The largest absolute Gasteiger partial charge is 0.469 e. The van der Waals surface area contributed by atoms with Crippen molar-refractivity contribution in [2.24, 2.45) is 11.8 Å². The van der Waals surface area contributed by atoms with E-state index >= 15 is 0 Å². The molecule has 2 aliphatic rings. The lowest BCUT2D eigenvalue weighted by molar-refractivity contribution is -0.142. The summed E-state index contributed by atoms with van der Waals surface area (Å²) in [7, 11) is 1.48. The highest BCUT2D eigenvalue weighted by Crippen LogP contribution is 2.31. The molecule has 4 heteroatoms. The third-order valence-electron chi connectivity index (χ3n) is 4.00. The van der Waals surface area contributed by atoms with Crippen LogP contribution in [0.1, 0.15) is 32.6 Å². The van der Waals surface area contributed by atoms with Crippen LogP contribution >= 0.6 is 0 Å². The highest BCUT2D eigenvalue weighted by molar-refractivity contribution is 5.69. The molecule has 0 aromatic heterocycles. The van der Waals surface area contributed by atoms with E-state index in [0.29, 0.717) is 18.4 Å². The molecule has 18 heavy (non-hydrogen) atoms. The quantitative estimate of drug-likeness (QED) is 0.725. The molecule has 2 atom stereocenters. The third-order valence-corrected chi connectivity index (χ3v) is 4.00. The van der Waals surface area contributed by atoms with Gasteiger partial charge in [0.15, 0.2) is 0 Å². The fourth-order valence-electron chi connectivity index (χ4n) is 3.02. The van der Waals surface area contributed by atoms with Crippen LogP contribution < -0.4 is 5.32 Å². The first-order valence-corrected chi connectivity index (χ1v) is 7.23. The number of nitrogens with zero attached hydrogens (tertiary/aromatic N) is 1. The van der Waals surface area contributed by atoms with Gasteiger partial charge >= 0.3 is 5.97 Å². The summed E-state index contributed by atoms with van der Waals surface area (Å²) in [6, 6.07) is 0.539. The predicted octanol–water partition coefficient (Wildman–Crippen LogP) is 1.26. The molecule has 2 rings (SSSR count). The zero-order valence-electron chi connectivity index (χ0n) is 11.7. The molecule has 1 saturated heterocycles. The molecule has 0 aromatic carbocycles. The zero-order chi connectivity index (χ0) is 13.0. The van der Waals surface area contributed by atoms with Gasteiger partial charge in [0, 0.05) is 32.1 Å². The summed E-state index contributed by atoms with van der Waals surface area (Å²) in [4.78, 5) is 14.0. The summed E-state index contributed by atoms with van der Waals surface area (Å²) in [5.74, 6) is 1.31. The van der Waals surface area contributed by atoms with Crippen LogP contribution in [0.5, 0.6) is 0 Å². The Balaban J connectivity index is 1.85. The zero-order valence-corrected chi connectivity index (χ0v) is 11.7. The summed E-state index contributed by atoms with van der Waals surface area (Å²) < 4.78 is 4.80. The highest BCUT2D eigenvalue weighted by atomic mass is 16.5. The van der Waals surface area contributed by atoms with Crippen molar-refractivity contribution in [2.75, 3.05) is 33.3 Å². The van der Waals surface area contributed by atoms with Crippen molar-refractivity contribution in [1.29, 1.82) is 0 Å². The average Bonchev–Trinajstić information content (AvgIpc) is 3.13. The van der Waals surface area contributed by atoms with Crippen LogP contribution in [0.2, 0.25) is 0 Å². The van der Waals surface area contributed by atoms with Crippen molar-refractivity contribution in [2.45, 2.75) is 38.6 Å². The predicted molar refractivity (Wildman–Crippen MR) is 71.4 cm³/mol. The second kappa shape index (κ2) is 6.53. The van der Waals surface area contributed by atoms with Gasteiger partial charge in [0.1, 0.15) is 0 Å². The maximum atomic E-state index is 11.4. The monoisotopic (exact) mass is 254 g/mol. The van der Waals surface area contributed by atoms with Gasteiger partial charge < -0.3 is 15.0 Å². The van der Waals surface area contributed by atoms with Crippen LogP contribution in [0.4, 0.5) is 0 Å². The van der Waals surface area contributed by atoms with E-state index in [1.165, 1.54) is 26.5 Å². The first kappa shape index (κ1) is 13.8. The Kier molecular flexibility index (Phi) is 5.01. The van der Waals surface area contributed by atoms with Gasteiger partial charge in [-0.25, -0.2) is 0 Å². The maximum Gasteiger partial charge on any atom is 0.305 e. The fraction of sp³-hybridized carbons (Fsp3) is 0.929. The lowest BCUT2D eigenvalue weighted by Gasteiger charge is -2.38. The molecule has 4 nitrogen and oxygen atoms in total. The van der Waals surface area contributed by atoms with Crippen LogP contribution in [0.15, 0.2) is 0 Å². The van der Waals surface area contributed by atoms with Gasteiger partial charge in [0.05, 0.1) is 7.11 Å². The molecule has 0 amide bonds. The fourth-order valence-corrected chi connectivity index (χ4v) is 3.02. The minimum Gasteiger partial charge on any atom is -0.469 e. The molecule has 1 saturated carbocycles. The minimum absolute atomic E-state index is 0.0662. The van der Waals surface area contributed by atoms with Gasteiger partial charge in [0.25, 0.3) is 0 Å². The number of carbonyl (C=O) groups excluding carboxylic acids is 1. The number of ether oxygens (including phenoxy) is 1. The number of hydrogen-bond acceptors (Lipinski definition) is 4. The number of likely N-dealkylation sites (tertiary alicyclic amines) is 1. The van der Waals surface area contributed by atoms with E-state index < -0.39 is 0 Å². The van der Waals surface area contributed by atoms with Crippen molar-refractivity contribution in [3.05, 3.63) is 0 Å². The van der Waals surface area contributed by atoms with E-state index in [4.69, 9.17) is 4.74 Å². The van der Waals surface area contributed by atoms with E-state index in [2.05, 4.69) is 17.1 Å². The summed E-state index contributed by atoms with van der Waals surface area (Å²) in [6.45, 7) is 6.58. The van der Waals surface area contributed by atoms with Gasteiger partial charge in [-0.05, 0) is 37.6 Å². The molecular weight excluding hydrogens is 228 g/mol. The van der Waals surface area contributed by atoms with E-state index in [1.807, 2.05) is 0 Å². The lowest BCUT2D eigenvalue weighted by Crippen LogP contribution is -2.50. The van der Waals surface area contributed by atoms with Gasteiger partial charge in [-0.2, -0.15) is 0 Å². The number of nitrogens with one attached hydrogen (secondary N) is 1. The van der Waals surface area contributed by atoms with Crippen molar-refractivity contribution >= 4 is 5.97 Å². The minimum atomic E-state index is -0.0662. The van der Waals surface area contributed by atoms with Crippen molar-refractivity contribution in [3.8, 4) is 0 Å². The average molecular weight is 254 g/mol. The molecule has 2 fully saturated rings. The van der Waals surface area contributed by atoms with Crippen LogP contribution in [-0.4, -0.2) is 50.2 Å². The summed E-state index contributed by atoms with van der Waals surface area (Å²) in [5, 5.41) is 3.54. The number of rotatable bonds is 6. The summed E-state index contributed by atoms with van der Waals surface area (Å²) >= 11 is 0. The topological polar surface area (TPSA) is 41.6 Å². The Hall–Kier alpha value is -0.610. The molecule has 1 N–H and O–H groups in total. The first-order chi connectivity index (χ1) is 8.71. The smallest absolute Gasteiger partial charge is 0.305 e. The van der Waals surface area contributed by atoms with Crippen LogP contribution in [0.25, 0.3) is 0 Å². The second-order valence-corrected chi connectivity index (χ2v) is 5.80. The summed E-state index contributed by atoms with van der Waals surface area (Å²) in [5.41, 5.74) is 0. The molecule has 1 aliphatic heterocycles. The maximum absolute atomic E-state index is 11.4. The number of piperidine rings is 1. The van der Waals surface area contributed by atoms with Crippen LogP contribution in [0.3, 0.4) is 0 Å². The molecule has 2 unspecified atom stereocenters. The molecule has 0 aromatic rings. The third kappa shape index (κ3) is 4.25. The van der Waals surface area contributed by atoms with Crippen LogP contribution in [0, 0.1) is 11.8 Å². The van der Waals surface area contributed by atoms with Gasteiger partial charge in [-0.3, -0.25) is 4.79 Å². The standard InChI is InChI=1S/C14H26N2O2/c1-3-15-13-6-12(7-14(17)18-2)9-16(10-13)8-11-4-5-11/h11-13,15H,3-10H2,1-2H3. The Labute approximate surface area is 110 Å². The normalized spacial score (nSPS) is 29.2. The van der Waals surface area contributed by atoms with E-state index in [1.54, 1.807) is 0 Å². The van der Waals surface area contributed by atoms with Gasteiger partial charge in [0.2, 0.25) is 0 Å². The lowest BCUT2D eigenvalue weighted by atomic mass is 9.91. The molecule has 0 spiro atoms. The number of methoxy groups -OCH3 is 1. The number of likely N-dealkylation sites (N-methyl/N-ethyl adjacent to an activating group) is 1. The number of carbonyl (C=O) groups is 1. The second-order valence-electron chi connectivity index (χ2n) is 5.80. The highest BCUT2D eigenvalue weighted by Gasteiger charge is 2.32. The van der Waals surface area contributed by atoms with Gasteiger partial charge in [-0.15, -0.1) is 0 Å². The van der Waals surface area contributed by atoms with Crippen molar-refractivity contribution in [1.82, 2.24) is 10.2 Å². The Morgan fingerprint density at radius 3 is 2.72 bits per heavy atom. The Bertz CT molecular complexity index is 279. The SMILES string of the molecule is CCNC1CC(CC(=O)OC)CN(CC2CC2)C1. The molecule has 104 valence electrons. The van der Waals surface area contributed by atoms with E-state index in [0.717, 1.165) is 32.0 Å². The Morgan fingerprint density at radius 1 is 1.33 bits per heavy atom. The number of hydrogen-bond donors (Lipinski definition) is 1. The van der Waals surface area contributed by atoms with Crippen molar-refractivity contribution < 1.29 is 9.53 Å².